The van der Waals surface area contributed by atoms with Gasteiger partial charge in [0.05, 0.1) is 17.4 Å². The zero-order valence-corrected chi connectivity index (χ0v) is 16.2. The molecule has 2 aromatic carbocycles. The van der Waals surface area contributed by atoms with Gasteiger partial charge in [0, 0.05) is 18.7 Å². The maximum Gasteiger partial charge on any atom is 0.129 e. The van der Waals surface area contributed by atoms with Gasteiger partial charge in [-0.3, -0.25) is 0 Å². The smallest absolute Gasteiger partial charge is 0.129 e. The maximum absolute atomic E-state index is 5.97. The van der Waals surface area contributed by atoms with E-state index in [-0.39, 0.29) is 0 Å². The molecule has 4 nitrogen and oxygen atoms in total. The summed E-state index contributed by atoms with van der Waals surface area (Å²) >= 11 is 0. The lowest BCUT2D eigenvalue weighted by atomic mass is 9.80. The summed E-state index contributed by atoms with van der Waals surface area (Å²) in [5, 5.41) is 3.73. The van der Waals surface area contributed by atoms with E-state index in [0.29, 0.717) is 6.04 Å². The van der Waals surface area contributed by atoms with Crippen LogP contribution in [0.15, 0.2) is 48.8 Å². The Morgan fingerprint density at radius 1 is 1.04 bits per heavy atom. The largest absolute Gasteiger partial charge is 0.457 e. The Morgan fingerprint density at radius 2 is 1.78 bits per heavy atom. The second kappa shape index (κ2) is 8.13. The highest BCUT2D eigenvalue weighted by molar-refractivity contribution is 5.76. The topological polar surface area (TPSA) is 49.9 Å². The van der Waals surface area contributed by atoms with Crippen LogP contribution in [0.25, 0.3) is 11.0 Å². The molecule has 0 saturated heterocycles. The molecule has 0 aliphatic heterocycles. The van der Waals surface area contributed by atoms with E-state index in [0.717, 1.165) is 40.9 Å². The number of fused-ring (bicyclic) bond motifs is 1. The number of hydrogen-bond acceptors (Lipinski definition) is 3. The third-order valence-corrected chi connectivity index (χ3v) is 5.86. The molecule has 2 N–H and O–H groups in total. The van der Waals surface area contributed by atoms with Gasteiger partial charge >= 0.3 is 0 Å². The van der Waals surface area contributed by atoms with Gasteiger partial charge in [0.1, 0.15) is 11.5 Å². The Labute approximate surface area is 161 Å². The van der Waals surface area contributed by atoms with Crippen molar-refractivity contribution in [3.63, 3.8) is 0 Å². The molecule has 4 heteroatoms. The fraction of sp³-hybridized carbons (Fsp3) is 0.435. The molecule has 1 aliphatic carbocycles. The summed E-state index contributed by atoms with van der Waals surface area (Å²) < 4.78 is 5.97. The van der Waals surface area contributed by atoms with Crippen molar-refractivity contribution in [2.75, 3.05) is 0 Å². The first kappa shape index (κ1) is 18.1. The molecule has 0 amide bonds. The van der Waals surface area contributed by atoms with Gasteiger partial charge in [0.2, 0.25) is 0 Å². The molecule has 0 unspecified atom stereocenters. The quantitative estimate of drug-likeness (QED) is 0.594. The number of aromatic amines is 1. The number of rotatable bonds is 6. The van der Waals surface area contributed by atoms with E-state index in [2.05, 4.69) is 41.3 Å². The average molecular weight is 364 g/mol. The van der Waals surface area contributed by atoms with E-state index in [1.807, 2.05) is 30.3 Å². The molecule has 1 aliphatic rings. The van der Waals surface area contributed by atoms with Crippen LogP contribution in [0.4, 0.5) is 0 Å². The van der Waals surface area contributed by atoms with Crippen molar-refractivity contribution in [1.29, 1.82) is 0 Å². The van der Waals surface area contributed by atoms with E-state index < -0.39 is 0 Å². The lowest BCUT2D eigenvalue weighted by Gasteiger charge is -2.31. The zero-order valence-electron chi connectivity index (χ0n) is 16.2. The van der Waals surface area contributed by atoms with Gasteiger partial charge in [-0.2, -0.15) is 0 Å². The standard InChI is InChI=1S/C23H29N3O/c1-16(2)18-5-7-19(8-6-18)24-14-17-3-9-20(10-4-17)27-21-11-12-22-23(13-21)26-15-25-22/h3-4,9-13,15-16,18-19,24H,5-8,14H2,1-2H3,(H,25,26)/t18-,19-. The van der Waals surface area contributed by atoms with Crippen LogP contribution in [-0.2, 0) is 6.54 Å². The summed E-state index contributed by atoms with van der Waals surface area (Å²) in [6.07, 6.45) is 7.04. The summed E-state index contributed by atoms with van der Waals surface area (Å²) in [5.41, 5.74) is 3.24. The molecule has 0 spiro atoms. The van der Waals surface area contributed by atoms with Gasteiger partial charge in [-0.25, -0.2) is 4.98 Å². The molecule has 142 valence electrons. The number of H-pyrrole nitrogens is 1. The Morgan fingerprint density at radius 3 is 2.52 bits per heavy atom. The molecule has 0 bridgehead atoms. The van der Waals surface area contributed by atoms with Gasteiger partial charge in [-0.15, -0.1) is 0 Å². The van der Waals surface area contributed by atoms with Crippen LogP contribution in [0, 0.1) is 11.8 Å². The summed E-state index contributed by atoms with van der Waals surface area (Å²) in [6, 6.07) is 14.9. The number of imidazole rings is 1. The molecule has 1 saturated carbocycles. The Kier molecular flexibility index (Phi) is 5.44. The summed E-state index contributed by atoms with van der Waals surface area (Å²) in [4.78, 5) is 7.34. The molecule has 1 heterocycles. The maximum atomic E-state index is 5.97. The van der Waals surface area contributed by atoms with Crippen molar-refractivity contribution in [2.24, 2.45) is 11.8 Å². The first-order valence-electron chi connectivity index (χ1n) is 10.1. The van der Waals surface area contributed by atoms with Gasteiger partial charge in [-0.05, 0) is 67.3 Å². The Balaban J connectivity index is 1.28. The van der Waals surface area contributed by atoms with Crippen LogP contribution in [-0.4, -0.2) is 16.0 Å². The fourth-order valence-electron chi connectivity index (χ4n) is 4.04. The highest BCUT2D eigenvalue weighted by Gasteiger charge is 2.22. The van der Waals surface area contributed by atoms with Crippen molar-refractivity contribution in [2.45, 2.75) is 52.1 Å². The number of aromatic nitrogens is 2. The number of nitrogens with one attached hydrogen (secondary N) is 2. The van der Waals surface area contributed by atoms with Crippen LogP contribution >= 0.6 is 0 Å². The fourth-order valence-corrected chi connectivity index (χ4v) is 4.04. The molecule has 3 aromatic rings. The lowest BCUT2D eigenvalue weighted by molar-refractivity contribution is 0.238. The van der Waals surface area contributed by atoms with E-state index in [1.54, 1.807) is 6.33 Å². The van der Waals surface area contributed by atoms with Crippen LogP contribution in [0.1, 0.15) is 45.1 Å². The van der Waals surface area contributed by atoms with Crippen molar-refractivity contribution >= 4 is 11.0 Å². The number of nitrogens with zero attached hydrogens (tertiary/aromatic N) is 1. The highest BCUT2D eigenvalue weighted by atomic mass is 16.5. The summed E-state index contributed by atoms with van der Waals surface area (Å²) in [5.74, 6) is 3.42. The van der Waals surface area contributed by atoms with Gasteiger partial charge in [0.25, 0.3) is 0 Å². The average Bonchev–Trinajstić information content (AvgIpc) is 3.15. The Hall–Kier alpha value is -2.33. The molecule has 4 rings (SSSR count). The zero-order chi connectivity index (χ0) is 18.6. The number of hydrogen-bond donors (Lipinski definition) is 2. The van der Waals surface area contributed by atoms with Crippen molar-refractivity contribution in [3.05, 3.63) is 54.4 Å². The van der Waals surface area contributed by atoms with Crippen LogP contribution < -0.4 is 10.1 Å². The molecule has 0 radical (unpaired) electrons. The van der Waals surface area contributed by atoms with E-state index in [9.17, 15) is 0 Å². The van der Waals surface area contributed by atoms with E-state index in [4.69, 9.17) is 4.74 Å². The van der Waals surface area contributed by atoms with Gasteiger partial charge < -0.3 is 15.0 Å². The van der Waals surface area contributed by atoms with Crippen molar-refractivity contribution in [3.8, 4) is 11.5 Å². The van der Waals surface area contributed by atoms with Gasteiger partial charge in [0.15, 0.2) is 0 Å². The minimum absolute atomic E-state index is 0.664. The highest BCUT2D eigenvalue weighted by Crippen LogP contribution is 2.30. The van der Waals surface area contributed by atoms with E-state index in [1.165, 1.54) is 31.2 Å². The normalized spacial score (nSPS) is 20.3. The van der Waals surface area contributed by atoms with Crippen LogP contribution in [0.3, 0.4) is 0 Å². The third kappa shape index (κ3) is 4.51. The van der Waals surface area contributed by atoms with Crippen LogP contribution in [0.5, 0.6) is 11.5 Å². The predicted octanol–water partition coefficient (Wildman–Crippen LogP) is 5.66. The number of ether oxygens (including phenoxy) is 1. The second-order valence-electron chi connectivity index (χ2n) is 8.06. The lowest BCUT2D eigenvalue weighted by Crippen LogP contribution is -2.33. The molecule has 0 atom stereocenters. The number of benzene rings is 2. The molecular formula is C23H29N3O. The SMILES string of the molecule is CC(C)[C@H]1CC[C@H](NCc2ccc(Oc3ccc4nc[nH]c4c3)cc2)CC1. The Bertz CT molecular complexity index is 861. The van der Waals surface area contributed by atoms with Crippen molar-refractivity contribution < 1.29 is 4.74 Å². The molecular weight excluding hydrogens is 334 g/mol. The molecule has 1 aromatic heterocycles. The first-order valence-corrected chi connectivity index (χ1v) is 10.1. The monoisotopic (exact) mass is 363 g/mol. The van der Waals surface area contributed by atoms with Gasteiger partial charge in [-0.1, -0.05) is 26.0 Å². The van der Waals surface area contributed by atoms with Crippen molar-refractivity contribution in [1.82, 2.24) is 15.3 Å². The molecule has 1 fully saturated rings. The minimum Gasteiger partial charge on any atom is -0.457 e. The first-order chi connectivity index (χ1) is 13.2. The summed E-state index contributed by atoms with van der Waals surface area (Å²) in [6.45, 7) is 5.64. The third-order valence-electron chi connectivity index (χ3n) is 5.86. The minimum atomic E-state index is 0.664. The second-order valence-corrected chi connectivity index (χ2v) is 8.06. The summed E-state index contributed by atoms with van der Waals surface area (Å²) in [7, 11) is 0. The predicted molar refractivity (Wildman–Crippen MR) is 110 cm³/mol. The van der Waals surface area contributed by atoms with E-state index >= 15 is 0 Å². The van der Waals surface area contributed by atoms with Crippen LogP contribution in [0.2, 0.25) is 0 Å². The molecule has 27 heavy (non-hydrogen) atoms.